The molecule has 1 aliphatic rings. The second kappa shape index (κ2) is 7.89. The quantitative estimate of drug-likeness (QED) is 0.876. The van der Waals surface area contributed by atoms with E-state index in [0.717, 1.165) is 18.7 Å². The molecule has 2 aromatic carbocycles. The third-order valence-electron chi connectivity index (χ3n) is 3.97. The largest absolute Gasteiger partial charge is 0.484 e. The molecule has 0 saturated carbocycles. The Morgan fingerprint density at radius 2 is 2.04 bits per heavy atom. The summed E-state index contributed by atoms with van der Waals surface area (Å²) in [5, 5.41) is 11.8. The second-order valence-corrected chi connectivity index (χ2v) is 6.19. The SMILES string of the molecule is N#Cc1ccc(NC(=O)COc2ccc(N3CCCC3=O)cc2)cc1Cl. The van der Waals surface area contributed by atoms with E-state index in [2.05, 4.69) is 5.32 Å². The van der Waals surface area contributed by atoms with E-state index in [1.807, 2.05) is 6.07 Å². The first-order chi connectivity index (χ1) is 12.6. The zero-order chi connectivity index (χ0) is 18.5. The molecule has 26 heavy (non-hydrogen) atoms. The van der Waals surface area contributed by atoms with Crippen LogP contribution >= 0.6 is 11.6 Å². The Morgan fingerprint density at radius 3 is 2.65 bits per heavy atom. The highest BCUT2D eigenvalue weighted by atomic mass is 35.5. The molecule has 0 unspecified atom stereocenters. The monoisotopic (exact) mass is 369 g/mol. The summed E-state index contributed by atoms with van der Waals surface area (Å²) >= 11 is 5.93. The van der Waals surface area contributed by atoms with Gasteiger partial charge in [0, 0.05) is 24.3 Å². The lowest BCUT2D eigenvalue weighted by Gasteiger charge is -2.16. The summed E-state index contributed by atoms with van der Waals surface area (Å²) in [4.78, 5) is 25.4. The van der Waals surface area contributed by atoms with Crippen LogP contribution in [0.15, 0.2) is 42.5 Å². The van der Waals surface area contributed by atoms with Crippen molar-refractivity contribution in [2.24, 2.45) is 0 Å². The number of hydrogen-bond acceptors (Lipinski definition) is 4. The molecule has 1 N–H and O–H groups in total. The van der Waals surface area contributed by atoms with E-state index < -0.39 is 0 Å². The highest BCUT2D eigenvalue weighted by Gasteiger charge is 2.21. The summed E-state index contributed by atoms with van der Waals surface area (Å²) in [6.45, 7) is 0.564. The molecule has 0 bridgehead atoms. The summed E-state index contributed by atoms with van der Waals surface area (Å²) in [5.41, 5.74) is 1.67. The minimum Gasteiger partial charge on any atom is -0.484 e. The predicted molar refractivity (Wildman–Crippen MR) is 98.3 cm³/mol. The number of hydrogen-bond donors (Lipinski definition) is 1. The van der Waals surface area contributed by atoms with Gasteiger partial charge in [-0.05, 0) is 48.9 Å². The predicted octanol–water partition coefficient (Wildman–Crippen LogP) is 3.36. The minimum atomic E-state index is -0.343. The van der Waals surface area contributed by atoms with Gasteiger partial charge in [0.25, 0.3) is 5.91 Å². The topological polar surface area (TPSA) is 82.4 Å². The number of nitrogens with one attached hydrogen (secondary N) is 1. The van der Waals surface area contributed by atoms with Crippen molar-refractivity contribution in [3.05, 3.63) is 53.1 Å². The van der Waals surface area contributed by atoms with E-state index >= 15 is 0 Å². The molecular weight excluding hydrogens is 354 g/mol. The fraction of sp³-hybridized carbons (Fsp3) is 0.211. The van der Waals surface area contributed by atoms with Crippen molar-refractivity contribution in [2.45, 2.75) is 12.8 Å². The highest BCUT2D eigenvalue weighted by molar-refractivity contribution is 6.32. The van der Waals surface area contributed by atoms with E-state index in [1.54, 1.807) is 35.2 Å². The van der Waals surface area contributed by atoms with Crippen LogP contribution < -0.4 is 15.0 Å². The van der Waals surface area contributed by atoms with Gasteiger partial charge in [-0.25, -0.2) is 0 Å². The average molecular weight is 370 g/mol. The molecule has 3 rings (SSSR count). The Bertz CT molecular complexity index is 875. The molecule has 0 aromatic heterocycles. The van der Waals surface area contributed by atoms with Gasteiger partial charge in [0.15, 0.2) is 6.61 Å². The lowest BCUT2D eigenvalue weighted by atomic mass is 10.2. The van der Waals surface area contributed by atoms with Gasteiger partial charge in [0.1, 0.15) is 11.8 Å². The smallest absolute Gasteiger partial charge is 0.262 e. The number of amides is 2. The minimum absolute atomic E-state index is 0.124. The number of ether oxygens (including phenoxy) is 1. The summed E-state index contributed by atoms with van der Waals surface area (Å²) in [6.07, 6.45) is 1.45. The van der Waals surface area contributed by atoms with Crippen LogP contribution in [0.3, 0.4) is 0 Å². The van der Waals surface area contributed by atoms with Crippen molar-refractivity contribution >= 4 is 34.8 Å². The van der Waals surface area contributed by atoms with E-state index in [1.165, 1.54) is 12.1 Å². The van der Waals surface area contributed by atoms with Gasteiger partial charge in [0.05, 0.1) is 10.6 Å². The van der Waals surface area contributed by atoms with Gasteiger partial charge in [-0.1, -0.05) is 11.6 Å². The molecule has 0 atom stereocenters. The standard InChI is InChI=1S/C19H16ClN3O3/c20-17-10-14(4-3-13(17)11-21)22-18(24)12-26-16-7-5-15(6-8-16)23-9-1-2-19(23)25/h3-8,10H,1-2,9,12H2,(H,22,24). The fourth-order valence-electron chi connectivity index (χ4n) is 2.67. The van der Waals surface area contributed by atoms with Gasteiger partial charge in [-0.3, -0.25) is 9.59 Å². The van der Waals surface area contributed by atoms with Crippen molar-refractivity contribution < 1.29 is 14.3 Å². The van der Waals surface area contributed by atoms with E-state index in [9.17, 15) is 9.59 Å². The van der Waals surface area contributed by atoms with Crippen molar-refractivity contribution in [3.8, 4) is 11.8 Å². The van der Waals surface area contributed by atoms with Crippen LogP contribution in [0.25, 0.3) is 0 Å². The van der Waals surface area contributed by atoms with E-state index in [0.29, 0.717) is 23.4 Å². The number of nitriles is 1. The molecule has 0 spiro atoms. The van der Waals surface area contributed by atoms with Gasteiger partial charge in [-0.2, -0.15) is 5.26 Å². The first-order valence-corrected chi connectivity index (χ1v) is 8.47. The third kappa shape index (κ3) is 4.13. The van der Waals surface area contributed by atoms with Crippen LogP contribution in [0.2, 0.25) is 5.02 Å². The molecule has 132 valence electrons. The van der Waals surface area contributed by atoms with Crippen molar-refractivity contribution in [1.29, 1.82) is 5.26 Å². The molecule has 1 aliphatic heterocycles. The van der Waals surface area contributed by atoms with Crippen LogP contribution in [-0.2, 0) is 9.59 Å². The second-order valence-electron chi connectivity index (χ2n) is 5.79. The van der Waals surface area contributed by atoms with Crippen molar-refractivity contribution in [3.63, 3.8) is 0 Å². The summed E-state index contributed by atoms with van der Waals surface area (Å²) in [7, 11) is 0. The maximum atomic E-state index is 12.0. The molecule has 0 radical (unpaired) electrons. The normalized spacial score (nSPS) is 13.4. The van der Waals surface area contributed by atoms with Gasteiger partial charge in [0.2, 0.25) is 5.91 Å². The Labute approximate surface area is 155 Å². The molecular formula is C19H16ClN3O3. The molecule has 0 aliphatic carbocycles. The van der Waals surface area contributed by atoms with E-state index in [-0.39, 0.29) is 23.4 Å². The zero-order valence-electron chi connectivity index (χ0n) is 13.9. The molecule has 2 amide bonds. The van der Waals surface area contributed by atoms with Gasteiger partial charge in [-0.15, -0.1) is 0 Å². The Kier molecular flexibility index (Phi) is 5.40. The molecule has 1 heterocycles. The number of halogens is 1. The number of nitrogens with zero attached hydrogens (tertiary/aromatic N) is 2. The summed E-state index contributed by atoms with van der Waals surface area (Å²) in [5.74, 6) is 0.317. The fourth-order valence-corrected chi connectivity index (χ4v) is 2.90. The number of carbonyl (C=O) groups excluding carboxylic acids is 2. The highest BCUT2D eigenvalue weighted by Crippen LogP contribution is 2.24. The number of rotatable bonds is 5. The Balaban J connectivity index is 1.53. The van der Waals surface area contributed by atoms with E-state index in [4.69, 9.17) is 21.6 Å². The Morgan fingerprint density at radius 1 is 1.27 bits per heavy atom. The molecule has 1 fully saturated rings. The zero-order valence-corrected chi connectivity index (χ0v) is 14.6. The Hall–Kier alpha value is -3.04. The number of anilines is 2. The van der Waals surface area contributed by atoms with Crippen LogP contribution in [0.5, 0.6) is 5.75 Å². The lowest BCUT2D eigenvalue weighted by Crippen LogP contribution is -2.23. The van der Waals surface area contributed by atoms with Crippen molar-refractivity contribution in [2.75, 3.05) is 23.4 Å². The van der Waals surface area contributed by atoms with Gasteiger partial charge < -0.3 is 15.0 Å². The lowest BCUT2D eigenvalue weighted by molar-refractivity contribution is -0.118. The van der Waals surface area contributed by atoms with Crippen LogP contribution in [0.1, 0.15) is 18.4 Å². The van der Waals surface area contributed by atoms with Crippen LogP contribution in [-0.4, -0.2) is 25.0 Å². The molecule has 1 saturated heterocycles. The maximum Gasteiger partial charge on any atom is 0.262 e. The molecule has 7 heteroatoms. The average Bonchev–Trinajstić information content (AvgIpc) is 3.06. The molecule has 2 aromatic rings. The summed E-state index contributed by atoms with van der Waals surface area (Å²) < 4.78 is 5.46. The first kappa shape index (κ1) is 17.8. The van der Waals surface area contributed by atoms with Gasteiger partial charge >= 0.3 is 0 Å². The summed E-state index contributed by atoms with van der Waals surface area (Å²) in [6, 6.07) is 13.7. The van der Waals surface area contributed by atoms with Crippen LogP contribution in [0, 0.1) is 11.3 Å². The maximum absolute atomic E-state index is 12.0. The number of carbonyl (C=O) groups is 2. The molecule has 6 nitrogen and oxygen atoms in total. The number of benzene rings is 2. The van der Waals surface area contributed by atoms with Crippen molar-refractivity contribution in [1.82, 2.24) is 0 Å². The third-order valence-corrected chi connectivity index (χ3v) is 4.28. The van der Waals surface area contributed by atoms with Crippen LogP contribution in [0.4, 0.5) is 11.4 Å². The first-order valence-electron chi connectivity index (χ1n) is 8.09.